The van der Waals surface area contributed by atoms with Crippen molar-refractivity contribution in [2.24, 2.45) is 0 Å². The van der Waals surface area contributed by atoms with E-state index in [1.54, 1.807) is 0 Å². The first-order valence-electron chi connectivity index (χ1n) is 12.8. The van der Waals surface area contributed by atoms with Gasteiger partial charge in [0.2, 0.25) is 0 Å². The van der Waals surface area contributed by atoms with E-state index in [0.29, 0.717) is 0 Å². The van der Waals surface area contributed by atoms with Gasteiger partial charge in [-0.15, -0.1) is 0 Å². The fourth-order valence-corrected chi connectivity index (χ4v) is 7.20. The standard InChI is InChI=1S/C36H28NSe/c1-37-33(29-14-6-2-7-15-29)23-27(24-34(37)30-16-8-3-9-17-30)22-28-25-35(31-18-10-4-11-19-31)38-36(26-28)32-20-12-5-13-21-32/h2-26H,1H3/q+1. The van der Waals surface area contributed by atoms with Gasteiger partial charge in [0, 0.05) is 0 Å². The van der Waals surface area contributed by atoms with Gasteiger partial charge in [0.1, 0.15) is 0 Å². The average molecular weight is 554 g/mol. The van der Waals surface area contributed by atoms with Crippen molar-refractivity contribution < 1.29 is 0 Å². The summed E-state index contributed by atoms with van der Waals surface area (Å²) in [5.41, 5.74) is 9.82. The van der Waals surface area contributed by atoms with Gasteiger partial charge in [0.05, 0.1) is 0 Å². The molecule has 0 aliphatic carbocycles. The Morgan fingerprint density at radius 3 is 1.26 bits per heavy atom. The Balaban J connectivity index is 1.52. The Hall–Kier alpha value is -4.23. The molecule has 0 spiro atoms. The molecule has 4 aromatic carbocycles. The van der Waals surface area contributed by atoms with Crippen molar-refractivity contribution in [2.45, 2.75) is 0 Å². The van der Waals surface area contributed by atoms with E-state index in [1.165, 1.54) is 53.7 Å². The molecule has 0 saturated heterocycles. The van der Waals surface area contributed by atoms with Crippen LogP contribution in [0.5, 0.6) is 0 Å². The van der Waals surface area contributed by atoms with Crippen LogP contribution in [0.25, 0.3) is 37.5 Å². The molecule has 2 heteroatoms. The van der Waals surface area contributed by atoms with Gasteiger partial charge in [-0.05, 0) is 0 Å². The third-order valence-corrected chi connectivity index (χ3v) is 9.14. The summed E-state index contributed by atoms with van der Waals surface area (Å²) >= 11 is 0.230. The predicted octanol–water partition coefficient (Wildman–Crippen LogP) is 8.77. The Kier molecular flexibility index (Phi) is 7.00. The summed E-state index contributed by atoms with van der Waals surface area (Å²) in [4.78, 5) is 2.30. The Morgan fingerprint density at radius 2 is 0.868 bits per heavy atom. The minimum absolute atomic E-state index is 0.230. The molecule has 0 radical (unpaired) electrons. The molecule has 0 fully saturated rings. The minimum atomic E-state index is 0.230. The number of benzene rings is 4. The fourth-order valence-electron chi connectivity index (χ4n) is 4.82. The molecule has 1 aromatic heterocycles. The van der Waals surface area contributed by atoms with Gasteiger partial charge < -0.3 is 0 Å². The van der Waals surface area contributed by atoms with Gasteiger partial charge in [-0.1, -0.05) is 0 Å². The molecular weight excluding hydrogens is 525 g/mol. The van der Waals surface area contributed by atoms with E-state index in [2.05, 4.69) is 164 Å². The monoisotopic (exact) mass is 554 g/mol. The summed E-state index contributed by atoms with van der Waals surface area (Å²) in [7, 11) is 2.16. The quantitative estimate of drug-likeness (QED) is 0.197. The van der Waals surface area contributed by atoms with Crippen LogP contribution in [0.1, 0.15) is 16.7 Å². The summed E-state index contributed by atoms with van der Waals surface area (Å²) < 4.78 is 2.80. The van der Waals surface area contributed by atoms with Crippen LogP contribution >= 0.6 is 0 Å². The van der Waals surface area contributed by atoms with E-state index in [4.69, 9.17) is 0 Å². The molecule has 182 valence electrons. The Morgan fingerprint density at radius 1 is 0.500 bits per heavy atom. The van der Waals surface area contributed by atoms with E-state index < -0.39 is 0 Å². The molecule has 0 N–H and O–H groups in total. The van der Waals surface area contributed by atoms with Gasteiger partial charge in [-0.25, -0.2) is 0 Å². The number of allylic oxidation sites excluding steroid dienone is 3. The molecule has 0 saturated carbocycles. The zero-order valence-corrected chi connectivity index (χ0v) is 23.0. The summed E-state index contributed by atoms with van der Waals surface area (Å²) in [6, 6.07) is 47.7. The van der Waals surface area contributed by atoms with Crippen LogP contribution in [0.3, 0.4) is 0 Å². The molecule has 1 aliphatic heterocycles. The fraction of sp³-hybridized carbons (Fsp3) is 0.0278. The third-order valence-electron chi connectivity index (χ3n) is 6.73. The molecule has 5 aromatic rings. The van der Waals surface area contributed by atoms with Crippen LogP contribution in [0.2, 0.25) is 0 Å². The molecule has 0 unspecified atom stereocenters. The van der Waals surface area contributed by atoms with Gasteiger partial charge in [-0.2, -0.15) is 0 Å². The van der Waals surface area contributed by atoms with Crippen LogP contribution in [0.4, 0.5) is 0 Å². The Bertz CT molecular complexity index is 1520. The third kappa shape index (κ3) is 5.24. The zero-order chi connectivity index (χ0) is 25.7. The summed E-state index contributed by atoms with van der Waals surface area (Å²) in [6.45, 7) is 0. The molecular formula is C36H28NSe+. The summed E-state index contributed by atoms with van der Waals surface area (Å²) in [5, 5.41) is 0. The topological polar surface area (TPSA) is 3.24 Å². The van der Waals surface area contributed by atoms with Crippen molar-refractivity contribution in [1.82, 2.24) is 4.90 Å². The van der Waals surface area contributed by atoms with Gasteiger partial charge >= 0.3 is 232 Å². The van der Waals surface area contributed by atoms with Crippen molar-refractivity contribution in [1.29, 1.82) is 0 Å². The Labute approximate surface area is 231 Å². The van der Waals surface area contributed by atoms with Crippen LogP contribution in [0.15, 0.2) is 151 Å². The predicted molar refractivity (Wildman–Crippen MR) is 163 cm³/mol. The molecule has 1 aliphatic rings. The van der Waals surface area contributed by atoms with Crippen molar-refractivity contribution in [3.05, 3.63) is 168 Å². The van der Waals surface area contributed by atoms with Crippen molar-refractivity contribution in [3.63, 3.8) is 0 Å². The SMILES string of the molecule is CN1C(c2ccccc2)=CC(=Cc2cc(-c3ccccc3)[se+]c(-c3ccccc3)c2)C=C1c1ccccc1. The molecule has 38 heavy (non-hydrogen) atoms. The van der Waals surface area contributed by atoms with Crippen LogP contribution in [-0.2, 0) is 0 Å². The van der Waals surface area contributed by atoms with E-state index in [0.717, 1.165) is 0 Å². The van der Waals surface area contributed by atoms with Crippen LogP contribution in [-0.4, -0.2) is 26.5 Å². The van der Waals surface area contributed by atoms with Crippen molar-refractivity contribution in [2.75, 3.05) is 7.05 Å². The number of hydrogen-bond donors (Lipinski definition) is 0. The number of hydrogen-bond acceptors (Lipinski definition) is 1. The molecule has 0 bridgehead atoms. The first-order chi connectivity index (χ1) is 18.7. The summed E-state index contributed by atoms with van der Waals surface area (Å²) in [6.07, 6.45) is 6.95. The zero-order valence-electron chi connectivity index (χ0n) is 21.3. The molecule has 6 rings (SSSR count). The first-order valence-corrected chi connectivity index (χ1v) is 14.5. The summed E-state index contributed by atoms with van der Waals surface area (Å²) in [5.74, 6) is 0. The van der Waals surface area contributed by atoms with E-state index >= 15 is 0 Å². The van der Waals surface area contributed by atoms with E-state index in [1.807, 2.05) is 0 Å². The van der Waals surface area contributed by atoms with E-state index in [9.17, 15) is 0 Å². The maximum atomic E-state index is 2.37. The van der Waals surface area contributed by atoms with Gasteiger partial charge in [0.15, 0.2) is 0 Å². The first kappa shape index (κ1) is 24.1. The molecule has 2 heterocycles. The van der Waals surface area contributed by atoms with Crippen LogP contribution in [0, 0.1) is 0 Å². The normalized spacial score (nSPS) is 13.1. The average Bonchev–Trinajstić information content (AvgIpc) is 2.99. The number of nitrogens with zero attached hydrogens (tertiary/aromatic N) is 1. The molecule has 0 atom stereocenters. The van der Waals surface area contributed by atoms with E-state index in [-0.39, 0.29) is 14.5 Å². The van der Waals surface area contributed by atoms with Crippen molar-refractivity contribution >= 4 is 32.0 Å². The molecule has 0 amide bonds. The van der Waals surface area contributed by atoms with Crippen LogP contribution < -0.4 is 0 Å². The van der Waals surface area contributed by atoms with Crippen molar-refractivity contribution in [3.8, 4) is 20.0 Å². The molecule has 1 nitrogen and oxygen atoms in total. The van der Waals surface area contributed by atoms with Gasteiger partial charge in [-0.3, -0.25) is 0 Å². The second-order valence-electron chi connectivity index (χ2n) is 9.35. The maximum absolute atomic E-state index is 2.37. The van der Waals surface area contributed by atoms with Gasteiger partial charge in [0.25, 0.3) is 0 Å². The number of rotatable bonds is 5. The second kappa shape index (κ2) is 11.0. The second-order valence-corrected chi connectivity index (χ2v) is 11.6.